The molecule has 210 valence electrons. The van der Waals surface area contributed by atoms with Crippen LogP contribution in [0.3, 0.4) is 0 Å². The van der Waals surface area contributed by atoms with Gasteiger partial charge in [0.2, 0.25) is 11.8 Å². The van der Waals surface area contributed by atoms with Gasteiger partial charge in [-0.3, -0.25) is 9.59 Å². The van der Waals surface area contributed by atoms with E-state index >= 15 is 0 Å². The van der Waals surface area contributed by atoms with Crippen LogP contribution in [0.1, 0.15) is 62.0 Å². The number of nitrogens with one attached hydrogen (secondary N) is 4. The number of hydrogen-bond acceptors (Lipinski definition) is 6. The van der Waals surface area contributed by atoms with E-state index in [1.807, 2.05) is 60.7 Å². The monoisotopic (exact) mass is 524 g/mol. The Morgan fingerprint density at radius 2 is 1.08 bits per heavy atom. The Labute approximate surface area is 228 Å². The molecule has 1 atom stereocenters. The lowest BCUT2D eigenvalue weighted by Crippen LogP contribution is -2.41. The van der Waals surface area contributed by atoms with Crippen LogP contribution in [0.4, 0.5) is 0 Å². The van der Waals surface area contributed by atoms with E-state index in [9.17, 15) is 9.59 Å². The zero-order valence-corrected chi connectivity index (χ0v) is 22.8. The average Bonchev–Trinajstić information content (AvgIpc) is 2.94. The summed E-state index contributed by atoms with van der Waals surface area (Å²) in [7, 11) is 0. The van der Waals surface area contributed by atoms with E-state index in [0.29, 0.717) is 19.5 Å². The van der Waals surface area contributed by atoms with E-state index in [1.54, 1.807) is 0 Å². The molecule has 8 N–H and O–H groups in total. The lowest BCUT2D eigenvalue weighted by molar-refractivity contribution is -0.123. The summed E-state index contributed by atoms with van der Waals surface area (Å²) in [5.74, 6) is -0.466. The highest BCUT2D eigenvalue weighted by atomic mass is 16.2. The van der Waals surface area contributed by atoms with Crippen LogP contribution in [0.2, 0.25) is 0 Å². The quantitative estimate of drug-likeness (QED) is 0.139. The highest BCUT2D eigenvalue weighted by Gasteiger charge is 2.22. The highest BCUT2D eigenvalue weighted by molar-refractivity contribution is 5.87. The molecule has 0 fully saturated rings. The van der Waals surface area contributed by atoms with Crippen molar-refractivity contribution in [1.82, 2.24) is 21.3 Å². The fourth-order valence-corrected chi connectivity index (χ4v) is 4.25. The third-order valence-electron chi connectivity index (χ3n) is 6.45. The first kappa shape index (κ1) is 31.4. The van der Waals surface area contributed by atoms with Crippen LogP contribution in [0.15, 0.2) is 60.7 Å². The largest absolute Gasteiger partial charge is 0.355 e. The van der Waals surface area contributed by atoms with Gasteiger partial charge in [-0.25, -0.2) is 0 Å². The van der Waals surface area contributed by atoms with Gasteiger partial charge in [-0.15, -0.1) is 0 Å². The maximum Gasteiger partial charge on any atom is 0.236 e. The summed E-state index contributed by atoms with van der Waals surface area (Å²) >= 11 is 0. The molecule has 2 rings (SSSR count). The van der Waals surface area contributed by atoms with Gasteiger partial charge in [-0.2, -0.15) is 0 Å². The minimum Gasteiger partial charge on any atom is -0.355 e. The normalized spacial score (nSPS) is 11.9. The first-order chi connectivity index (χ1) is 18.6. The molecular formula is C30H48N6O2. The summed E-state index contributed by atoms with van der Waals surface area (Å²) in [6.45, 7) is 5.80. The van der Waals surface area contributed by atoms with Crippen molar-refractivity contribution in [3.8, 4) is 0 Å². The van der Waals surface area contributed by atoms with Crippen molar-refractivity contribution in [2.24, 2.45) is 11.5 Å². The zero-order valence-electron chi connectivity index (χ0n) is 22.8. The molecule has 38 heavy (non-hydrogen) atoms. The fourth-order valence-electron chi connectivity index (χ4n) is 4.25. The highest BCUT2D eigenvalue weighted by Crippen LogP contribution is 2.24. The smallest absolute Gasteiger partial charge is 0.236 e. The number of amides is 2. The molecule has 2 aromatic rings. The van der Waals surface area contributed by atoms with Crippen molar-refractivity contribution in [3.05, 3.63) is 71.8 Å². The first-order valence-electron chi connectivity index (χ1n) is 14.2. The molecular weight excluding hydrogens is 476 g/mol. The summed E-state index contributed by atoms with van der Waals surface area (Å²) in [5, 5.41) is 12.8. The van der Waals surface area contributed by atoms with Crippen molar-refractivity contribution in [2.45, 2.75) is 56.9 Å². The summed E-state index contributed by atoms with van der Waals surface area (Å²) in [6.07, 6.45) is 6.33. The molecule has 0 aliphatic rings. The molecule has 0 aromatic heterocycles. The Morgan fingerprint density at radius 3 is 1.66 bits per heavy atom. The number of carbonyl (C=O) groups is 2. The summed E-state index contributed by atoms with van der Waals surface area (Å²) in [6, 6.07) is 19.1. The Bertz CT molecular complexity index is 841. The summed E-state index contributed by atoms with van der Waals surface area (Å²) in [5.41, 5.74) is 13.5. The molecule has 0 heterocycles. The Balaban J connectivity index is 1.53. The molecule has 0 unspecified atom stereocenters. The second kappa shape index (κ2) is 20.2. The van der Waals surface area contributed by atoms with E-state index in [0.717, 1.165) is 82.4 Å². The van der Waals surface area contributed by atoms with Gasteiger partial charge in [0.1, 0.15) is 0 Å². The lowest BCUT2D eigenvalue weighted by atomic mass is 9.90. The molecule has 8 nitrogen and oxygen atoms in total. The van der Waals surface area contributed by atoms with Gasteiger partial charge in [-0.05, 0) is 88.8 Å². The van der Waals surface area contributed by atoms with Gasteiger partial charge in [0.15, 0.2) is 0 Å². The Morgan fingerprint density at radius 1 is 0.605 bits per heavy atom. The van der Waals surface area contributed by atoms with Crippen molar-refractivity contribution < 1.29 is 9.59 Å². The minimum atomic E-state index is -0.521. The van der Waals surface area contributed by atoms with Crippen molar-refractivity contribution in [1.29, 1.82) is 0 Å². The van der Waals surface area contributed by atoms with Crippen molar-refractivity contribution in [3.63, 3.8) is 0 Å². The Hall–Kier alpha value is -2.78. The number of unbranched alkanes of at least 4 members (excludes halogenated alkanes) is 2. The van der Waals surface area contributed by atoms with Crippen LogP contribution in [0.25, 0.3) is 0 Å². The van der Waals surface area contributed by atoms with Crippen LogP contribution in [-0.2, 0) is 9.59 Å². The average molecular weight is 525 g/mol. The van der Waals surface area contributed by atoms with E-state index in [-0.39, 0.29) is 17.7 Å². The molecule has 0 bridgehead atoms. The van der Waals surface area contributed by atoms with Crippen LogP contribution in [0.5, 0.6) is 0 Å². The molecule has 0 saturated carbocycles. The lowest BCUT2D eigenvalue weighted by Gasteiger charge is -2.18. The van der Waals surface area contributed by atoms with Crippen molar-refractivity contribution >= 4 is 11.8 Å². The van der Waals surface area contributed by atoms with Gasteiger partial charge in [0, 0.05) is 13.1 Å². The number of hydrogen-bond donors (Lipinski definition) is 6. The first-order valence-corrected chi connectivity index (χ1v) is 14.2. The van der Waals surface area contributed by atoms with Crippen LogP contribution in [0, 0.1) is 0 Å². The predicted molar refractivity (Wildman–Crippen MR) is 156 cm³/mol. The number of nitrogens with two attached hydrogens (primary N) is 2. The van der Waals surface area contributed by atoms with Gasteiger partial charge >= 0.3 is 0 Å². The zero-order chi connectivity index (χ0) is 27.3. The van der Waals surface area contributed by atoms with E-state index in [2.05, 4.69) is 21.3 Å². The molecule has 0 aliphatic heterocycles. The molecule has 0 spiro atoms. The number of rotatable bonds is 21. The topological polar surface area (TPSA) is 134 Å². The number of benzene rings is 2. The van der Waals surface area contributed by atoms with E-state index in [1.165, 1.54) is 0 Å². The third kappa shape index (κ3) is 13.1. The molecule has 8 heteroatoms. The van der Waals surface area contributed by atoms with E-state index in [4.69, 9.17) is 11.5 Å². The van der Waals surface area contributed by atoms with Crippen LogP contribution in [-0.4, -0.2) is 63.7 Å². The SMILES string of the molecule is NCCCNCCCCNCCCNC(=O)[C@H](N)CCCCNC(=O)C(c1ccccc1)c1ccccc1. The van der Waals surface area contributed by atoms with E-state index < -0.39 is 6.04 Å². The van der Waals surface area contributed by atoms with Gasteiger partial charge in [0.05, 0.1) is 12.0 Å². The maximum atomic E-state index is 13.0. The van der Waals surface area contributed by atoms with Gasteiger partial charge in [-0.1, -0.05) is 60.7 Å². The van der Waals surface area contributed by atoms with Gasteiger partial charge < -0.3 is 32.7 Å². The summed E-state index contributed by atoms with van der Waals surface area (Å²) < 4.78 is 0. The standard InChI is InChI=1S/C30H48N6O2/c31-18-11-21-33-19-9-10-20-34-22-12-24-35-29(37)27(32)17-7-8-23-36-30(38)28(25-13-3-1-4-14-25)26-15-5-2-6-16-26/h1-6,13-16,27-28,33-34H,7-12,17-24,31-32H2,(H,35,37)(H,36,38)/t27-/m1/s1. The maximum absolute atomic E-state index is 13.0. The van der Waals surface area contributed by atoms with Crippen LogP contribution >= 0.6 is 0 Å². The molecule has 0 aliphatic carbocycles. The number of carbonyl (C=O) groups excluding carboxylic acids is 2. The molecule has 0 radical (unpaired) electrons. The van der Waals surface area contributed by atoms with Crippen LogP contribution < -0.4 is 32.7 Å². The Kier molecular flexibility index (Phi) is 16.7. The molecule has 2 amide bonds. The third-order valence-corrected chi connectivity index (χ3v) is 6.45. The second-order valence-corrected chi connectivity index (χ2v) is 9.64. The molecule has 0 saturated heterocycles. The van der Waals surface area contributed by atoms with Gasteiger partial charge in [0.25, 0.3) is 0 Å². The summed E-state index contributed by atoms with van der Waals surface area (Å²) in [4.78, 5) is 25.3. The predicted octanol–water partition coefficient (Wildman–Crippen LogP) is 2.25. The molecule has 2 aromatic carbocycles. The minimum absolute atomic E-state index is 0.0165. The second-order valence-electron chi connectivity index (χ2n) is 9.64. The fraction of sp³-hybridized carbons (Fsp3) is 0.533. The van der Waals surface area contributed by atoms with Crippen molar-refractivity contribution in [2.75, 3.05) is 45.8 Å².